The van der Waals surface area contributed by atoms with Crippen LogP contribution < -0.4 is 5.32 Å². The quantitative estimate of drug-likeness (QED) is 0.798. The van der Waals surface area contributed by atoms with Gasteiger partial charge in [0.1, 0.15) is 5.41 Å². The van der Waals surface area contributed by atoms with E-state index < -0.39 is 5.41 Å². The molecule has 0 bridgehead atoms. The van der Waals surface area contributed by atoms with Crippen LogP contribution in [0.5, 0.6) is 0 Å². The number of rotatable bonds is 2. The van der Waals surface area contributed by atoms with Gasteiger partial charge in [0.15, 0.2) is 0 Å². The maximum Gasteiger partial charge on any atom is 0.240 e. The molecule has 2 aliphatic rings. The van der Waals surface area contributed by atoms with Crippen LogP contribution >= 0.6 is 0 Å². The highest BCUT2D eigenvalue weighted by Gasteiger charge is 2.43. The maximum atomic E-state index is 12.2. The van der Waals surface area contributed by atoms with Gasteiger partial charge in [0.25, 0.3) is 0 Å². The Morgan fingerprint density at radius 1 is 1.29 bits per heavy atom. The lowest BCUT2D eigenvalue weighted by atomic mass is 9.86. The Morgan fingerprint density at radius 2 is 1.94 bits per heavy atom. The summed E-state index contributed by atoms with van der Waals surface area (Å²) in [6.07, 6.45) is 6.77. The number of nitrogens with zero attached hydrogens (tertiary/aromatic N) is 1. The third-order valence-electron chi connectivity index (χ3n) is 4.41. The first-order chi connectivity index (χ1) is 7.97. The average Bonchev–Trinajstić information content (AvgIpc) is 2.86. The van der Waals surface area contributed by atoms with Crippen molar-refractivity contribution in [1.82, 2.24) is 5.32 Å². The summed E-state index contributed by atoms with van der Waals surface area (Å²) in [6.45, 7) is 4.49. The fourth-order valence-electron chi connectivity index (χ4n) is 3.25. The van der Waals surface area contributed by atoms with Gasteiger partial charge < -0.3 is 5.32 Å². The van der Waals surface area contributed by atoms with Crippen LogP contribution in [0.3, 0.4) is 0 Å². The van der Waals surface area contributed by atoms with Gasteiger partial charge in [-0.25, -0.2) is 0 Å². The minimum absolute atomic E-state index is 0.0137. The molecule has 1 atom stereocenters. The van der Waals surface area contributed by atoms with Gasteiger partial charge in [0, 0.05) is 6.04 Å². The number of hydrogen-bond donors (Lipinski definition) is 1. The molecular formula is C14H22N2O. The summed E-state index contributed by atoms with van der Waals surface area (Å²) in [7, 11) is 0. The van der Waals surface area contributed by atoms with E-state index in [1.807, 2.05) is 0 Å². The second kappa shape index (κ2) is 4.33. The Labute approximate surface area is 104 Å². The molecule has 17 heavy (non-hydrogen) atoms. The predicted molar refractivity (Wildman–Crippen MR) is 66.1 cm³/mol. The van der Waals surface area contributed by atoms with Crippen molar-refractivity contribution < 1.29 is 4.79 Å². The summed E-state index contributed by atoms with van der Waals surface area (Å²) < 4.78 is 0. The number of nitrogens with one attached hydrogen (secondary N) is 1. The number of nitriles is 1. The van der Waals surface area contributed by atoms with Crippen molar-refractivity contribution in [1.29, 1.82) is 5.26 Å². The monoisotopic (exact) mass is 234 g/mol. The van der Waals surface area contributed by atoms with E-state index in [9.17, 15) is 10.1 Å². The van der Waals surface area contributed by atoms with Crippen LogP contribution in [0.1, 0.15) is 58.8 Å². The highest BCUT2D eigenvalue weighted by Crippen LogP contribution is 2.40. The molecule has 0 aromatic rings. The third-order valence-corrected chi connectivity index (χ3v) is 4.41. The molecule has 0 aromatic carbocycles. The van der Waals surface area contributed by atoms with Gasteiger partial charge >= 0.3 is 0 Å². The van der Waals surface area contributed by atoms with Gasteiger partial charge in [-0.15, -0.1) is 0 Å². The molecular weight excluding hydrogens is 212 g/mol. The molecule has 1 N–H and O–H groups in total. The molecule has 2 fully saturated rings. The summed E-state index contributed by atoms with van der Waals surface area (Å²) in [5, 5.41) is 12.4. The molecule has 0 aromatic heterocycles. The fraction of sp³-hybridized carbons (Fsp3) is 0.857. The minimum atomic E-state index is -0.716. The summed E-state index contributed by atoms with van der Waals surface area (Å²) in [5.74, 6) is -0.0137. The zero-order valence-corrected chi connectivity index (χ0v) is 10.9. The van der Waals surface area contributed by atoms with E-state index >= 15 is 0 Å². The van der Waals surface area contributed by atoms with Crippen LogP contribution in [0.2, 0.25) is 0 Å². The zero-order valence-electron chi connectivity index (χ0n) is 10.9. The lowest BCUT2D eigenvalue weighted by Gasteiger charge is -2.23. The van der Waals surface area contributed by atoms with E-state index in [0.717, 1.165) is 44.9 Å². The number of carbonyl (C=O) groups is 1. The molecule has 0 saturated heterocycles. The van der Waals surface area contributed by atoms with E-state index in [-0.39, 0.29) is 11.9 Å². The van der Waals surface area contributed by atoms with Crippen LogP contribution in [0, 0.1) is 22.2 Å². The van der Waals surface area contributed by atoms with Gasteiger partial charge in [-0.3, -0.25) is 4.79 Å². The van der Waals surface area contributed by atoms with E-state index in [2.05, 4.69) is 25.2 Å². The molecule has 3 heteroatoms. The van der Waals surface area contributed by atoms with Crippen molar-refractivity contribution in [2.24, 2.45) is 10.8 Å². The topological polar surface area (TPSA) is 52.9 Å². The SMILES string of the molecule is CC1(C)CCC(NC(=O)C2(C#N)CCCC2)C1. The molecule has 0 heterocycles. The number of amides is 1. The van der Waals surface area contributed by atoms with Crippen molar-refractivity contribution in [3.05, 3.63) is 0 Å². The maximum absolute atomic E-state index is 12.2. The van der Waals surface area contributed by atoms with Crippen LogP contribution in [0.4, 0.5) is 0 Å². The van der Waals surface area contributed by atoms with Crippen LogP contribution in [-0.2, 0) is 4.79 Å². The molecule has 2 saturated carbocycles. The Hall–Kier alpha value is -1.04. The lowest BCUT2D eigenvalue weighted by molar-refractivity contribution is -0.128. The molecule has 2 rings (SSSR count). The minimum Gasteiger partial charge on any atom is -0.352 e. The summed E-state index contributed by atoms with van der Waals surface area (Å²) in [6, 6.07) is 2.54. The second-order valence-electron chi connectivity index (χ2n) is 6.48. The van der Waals surface area contributed by atoms with Crippen molar-refractivity contribution in [2.45, 2.75) is 64.8 Å². The Balaban J connectivity index is 1.96. The Morgan fingerprint density at radius 3 is 2.41 bits per heavy atom. The Kier molecular flexibility index (Phi) is 3.16. The van der Waals surface area contributed by atoms with Gasteiger partial charge in [-0.2, -0.15) is 5.26 Å². The van der Waals surface area contributed by atoms with E-state index in [1.54, 1.807) is 0 Å². The van der Waals surface area contributed by atoms with Gasteiger partial charge in [0.2, 0.25) is 5.91 Å². The number of hydrogen-bond acceptors (Lipinski definition) is 2. The molecule has 0 radical (unpaired) electrons. The second-order valence-corrected chi connectivity index (χ2v) is 6.48. The van der Waals surface area contributed by atoms with E-state index in [0.29, 0.717) is 5.41 Å². The summed E-state index contributed by atoms with van der Waals surface area (Å²) >= 11 is 0. The zero-order chi connectivity index (χ0) is 12.5. The molecule has 2 aliphatic carbocycles. The average molecular weight is 234 g/mol. The molecule has 0 aliphatic heterocycles. The van der Waals surface area contributed by atoms with Crippen molar-refractivity contribution in [3.63, 3.8) is 0 Å². The highest BCUT2D eigenvalue weighted by molar-refractivity contribution is 5.86. The molecule has 0 spiro atoms. The normalized spacial score (nSPS) is 29.8. The first-order valence-corrected chi connectivity index (χ1v) is 6.70. The first-order valence-electron chi connectivity index (χ1n) is 6.70. The predicted octanol–water partition coefficient (Wildman–Crippen LogP) is 2.77. The molecule has 1 unspecified atom stereocenters. The van der Waals surface area contributed by atoms with E-state index in [4.69, 9.17) is 0 Å². The first kappa shape index (κ1) is 12.4. The summed E-state index contributed by atoms with van der Waals surface area (Å²) in [4.78, 5) is 12.2. The van der Waals surface area contributed by atoms with Crippen molar-refractivity contribution >= 4 is 5.91 Å². The van der Waals surface area contributed by atoms with Gasteiger partial charge in [-0.05, 0) is 37.5 Å². The smallest absolute Gasteiger partial charge is 0.240 e. The van der Waals surface area contributed by atoms with Crippen LogP contribution in [0.25, 0.3) is 0 Å². The third kappa shape index (κ3) is 2.46. The van der Waals surface area contributed by atoms with Gasteiger partial charge in [-0.1, -0.05) is 26.7 Å². The van der Waals surface area contributed by atoms with Crippen molar-refractivity contribution in [2.75, 3.05) is 0 Å². The highest BCUT2D eigenvalue weighted by atomic mass is 16.2. The standard InChI is InChI=1S/C14H22N2O/c1-13(2)8-5-11(9-13)16-12(17)14(10-15)6-3-4-7-14/h11H,3-9H2,1-2H3,(H,16,17). The molecule has 94 valence electrons. The molecule has 1 amide bonds. The van der Waals surface area contributed by atoms with Gasteiger partial charge in [0.05, 0.1) is 6.07 Å². The van der Waals surface area contributed by atoms with E-state index in [1.165, 1.54) is 0 Å². The summed E-state index contributed by atoms with van der Waals surface area (Å²) in [5.41, 5.74) is -0.375. The molecule has 3 nitrogen and oxygen atoms in total. The lowest BCUT2D eigenvalue weighted by Crippen LogP contribution is -2.43. The Bertz CT molecular complexity index is 348. The number of carbonyl (C=O) groups excluding carboxylic acids is 1. The van der Waals surface area contributed by atoms with Crippen LogP contribution in [-0.4, -0.2) is 11.9 Å². The fourth-order valence-corrected chi connectivity index (χ4v) is 3.25. The van der Waals surface area contributed by atoms with Crippen molar-refractivity contribution in [3.8, 4) is 6.07 Å². The van der Waals surface area contributed by atoms with Crippen LogP contribution in [0.15, 0.2) is 0 Å². The largest absolute Gasteiger partial charge is 0.352 e.